The molecule has 0 radical (unpaired) electrons. The molecule has 0 aliphatic carbocycles. The molecule has 3 aromatic carbocycles. The van der Waals surface area contributed by atoms with E-state index >= 15 is 0 Å². The molecular formula is C28H31FN2O4. The topological polar surface area (TPSA) is 93.0 Å². The Bertz CT molecular complexity index is 1120. The van der Waals surface area contributed by atoms with Crippen LogP contribution in [0.15, 0.2) is 78.9 Å². The third kappa shape index (κ3) is 6.91. The summed E-state index contributed by atoms with van der Waals surface area (Å²) in [5.74, 6) is -0.249. The van der Waals surface area contributed by atoms with Crippen LogP contribution in [0.25, 0.3) is 17.2 Å². The lowest BCUT2D eigenvalue weighted by Crippen LogP contribution is -2.52. The monoisotopic (exact) mass is 478 g/mol. The Morgan fingerprint density at radius 1 is 0.943 bits per heavy atom. The molecule has 0 aliphatic heterocycles. The number of aliphatic hydroxyl groups is 2. The fourth-order valence-corrected chi connectivity index (χ4v) is 3.74. The molecule has 0 unspecified atom stereocenters. The summed E-state index contributed by atoms with van der Waals surface area (Å²) in [4.78, 5) is 13.2. The van der Waals surface area contributed by atoms with E-state index in [0.717, 1.165) is 27.9 Å². The Hall–Kier alpha value is -3.68. The van der Waals surface area contributed by atoms with Gasteiger partial charge in [0.15, 0.2) is 0 Å². The molecule has 7 heteroatoms. The Morgan fingerprint density at radius 3 is 1.97 bits per heavy atom. The molecule has 4 N–H and O–H groups in total. The summed E-state index contributed by atoms with van der Waals surface area (Å²) in [6.45, 7) is 3.79. The first kappa shape index (κ1) is 25.9. The van der Waals surface area contributed by atoms with Gasteiger partial charge in [0.25, 0.3) is 0 Å². The maximum Gasteiger partial charge on any atom is 0.405 e. The predicted octanol–water partition coefficient (Wildman–Crippen LogP) is 4.91. The molecule has 0 aliphatic rings. The average molecular weight is 479 g/mol. The normalized spacial score (nSPS) is 11.7. The van der Waals surface area contributed by atoms with Crippen molar-refractivity contribution in [1.82, 2.24) is 5.32 Å². The maximum atomic E-state index is 13.3. The van der Waals surface area contributed by atoms with Gasteiger partial charge >= 0.3 is 6.09 Å². The van der Waals surface area contributed by atoms with Gasteiger partial charge in [0, 0.05) is 18.3 Å². The van der Waals surface area contributed by atoms with E-state index in [1.807, 2.05) is 24.3 Å². The van der Waals surface area contributed by atoms with E-state index in [9.17, 15) is 19.4 Å². The van der Waals surface area contributed by atoms with Gasteiger partial charge in [-0.3, -0.25) is 0 Å². The van der Waals surface area contributed by atoms with Gasteiger partial charge in [-0.1, -0.05) is 60.7 Å². The quantitative estimate of drug-likeness (QED) is 0.332. The van der Waals surface area contributed by atoms with Crippen LogP contribution in [0.2, 0.25) is 0 Å². The summed E-state index contributed by atoms with van der Waals surface area (Å²) in [6.07, 6.45) is 1.78. The van der Waals surface area contributed by atoms with Gasteiger partial charge in [-0.2, -0.15) is 0 Å². The van der Waals surface area contributed by atoms with E-state index in [1.54, 1.807) is 18.2 Å². The Balaban J connectivity index is 1.71. The third-order valence-electron chi connectivity index (χ3n) is 5.85. The number of anilines is 1. The van der Waals surface area contributed by atoms with Gasteiger partial charge in [-0.15, -0.1) is 0 Å². The molecule has 0 aromatic heterocycles. The number of nitrogens with one attached hydrogen (secondary N) is 1. The summed E-state index contributed by atoms with van der Waals surface area (Å²) in [7, 11) is 0. The van der Waals surface area contributed by atoms with Crippen LogP contribution in [-0.2, 0) is 6.54 Å². The zero-order chi connectivity index (χ0) is 25.4. The van der Waals surface area contributed by atoms with E-state index in [2.05, 4.69) is 48.3 Å². The minimum atomic E-state index is -1.45. The minimum Gasteiger partial charge on any atom is -0.465 e. The Kier molecular flexibility index (Phi) is 8.63. The van der Waals surface area contributed by atoms with Crippen molar-refractivity contribution in [2.45, 2.75) is 32.0 Å². The fraction of sp³-hybridized carbons (Fsp3) is 0.250. The minimum absolute atomic E-state index is 0.249. The van der Waals surface area contributed by atoms with Gasteiger partial charge in [-0.25, -0.2) is 9.18 Å². The van der Waals surface area contributed by atoms with E-state index in [1.165, 1.54) is 18.2 Å². The second-order valence-corrected chi connectivity index (χ2v) is 8.75. The van der Waals surface area contributed by atoms with Crippen molar-refractivity contribution in [1.29, 1.82) is 0 Å². The van der Waals surface area contributed by atoms with E-state index in [-0.39, 0.29) is 11.9 Å². The van der Waals surface area contributed by atoms with E-state index < -0.39 is 24.8 Å². The fourth-order valence-electron chi connectivity index (χ4n) is 3.74. The summed E-state index contributed by atoms with van der Waals surface area (Å²) >= 11 is 0. The number of halogens is 1. The van der Waals surface area contributed by atoms with Crippen LogP contribution in [0.3, 0.4) is 0 Å². The van der Waals surface area contributed by atoms with Crippen molar-refractivity contribution in [3.8, 4) is 11.1 Å². The molecule has 3 aromatic rings. The first-order valence-corrected chi connectivity index (χ1v) is 11.4. The van der Waals surface area contributed by atoms with Crippen molar-refractivity contribution in [2.24, 2.45) is 0 Å². The summed E-state index contributed by atoms with van der Waals surface area (Å²) < 4.78 is 13.3. The standard InChI is InChI=1S/C28H31FN2O4/c1-20(2)31(26-13-11-25(29)12-14-26)17-22-5-9-24(10-6-22)23-7-3-21(4-8-23)15-16-28(18-32,19-33)30-27(34)35/h3-16,20,30,32-33H,17-19H2,1-2H3,(H,34,35)/b16-15+. The number of hydrogen-bond acceptors (Lipinski definition) is 4. The number of amides is 1. The molecular weight excluding hydrogens is 447 g/mol. The second-order valence-electron chi connectivity index (χ2n) is 8.75. The van der Waals surface area contributed by atoms with Gasteiger partial charge in [0.2, 0.25) is 0 Å². The molecule has 35 heavy (non-hydrogen) atoms. The highest BCUT2D eigenvalue weighted by molar-refractivity contribution is 5.68. The van der Waals surface area contributed by atoms with E-state index in [0.29, 0.717) is 6.54 Å². The van der Waals surface area contributed by atoms with Crippen molar-refractivity contribution < 1.29 is 24.5 Å². The Labute approximate surface area is 205 Å². The average Bonchev–Trinajstić information content (AvgIpc) is 2.86. The van der Waals surface area contributed by atoms with Crippen LogP contribution in [0.4, 0.5) is 14.9 Å². The van der Waals surface area contributed by atoms with Gasteiger partial charge in [-0.05, 0) is 60.4 Å². The largest absolute Gasteiger partial charge is 0.465 e. The lowest BCUT2D eigenvalue weighted by atomic mass is 9.98. The molecule has 0 spiro atoms. The molecule has 0 saturated heterocycles. The number of carboxylic acid groups (broad SMARTS) is 1. The van der Waals surface area contributed by atoms with Crippen LogP contribution in [-0.4, -0.2) is 46.2 Å². The molecule has 184 valence electrons. The maximum absolute atomic E-state index is 13.3. The molecule has 0 heterocycles. The number of carbonyl (C=O) groups is 1. The Morgan fingerprint density at radius 2 is 1.49 bits per heavy atom. The molecule has 0 fully saturated rings. The van der Waals surface area contributed by atoms with E-state index in [4.69, 9.17) is 5.11 Å². The molecule has 3 rings (SSSR count). The highest BCUT2D eigenvalue weighted by Crippen LogP contribution is 2.24. The zero-order valence-electron chi connectivity index (χ0n) is 19.9. The van der Waals surface area contributed by atoms with Crippen LogP contribution in [0, 0.1) is 5.82 Å². The molecule has 1 amide bonds. The van der Waals surface area contributed by atoms with Gasteiger partial charge < -0.3 is 25.5 Å². The third-order valence-corrected chi connectivity index (χ3v) is 5.85. The lowest BCUT2D eigenvalue weighted by molar-refractivity contribution is 0.115. The van der Waals surface area contributed by atoms with Crippen molar-refractivity contribution in [3.05, 3.63) is 95.8 Å². The predicted molar refractivity (Wildman–Crippen MR) is 137 cm³/mol. The second kappa shape index (κ2) is 11.6. The number of hydrogen-bond donors (Lipinski definition) is 4. The van der Waals surface area contributed by atoms with Crippen LogP contribution in [0.1, 0.15) is 25.0 Å². The summed E-state index contributed by atoms with van der Waals surface area (Å²) in [5, 5.41) is 30.1. The number of benzene rings is 3. The first-order chi connectivity index (χ1) is 16.7. The summed E-state index contributed by atoms with van der Waals surface area (Å²) in [6, 6.07) is 22.7. The number of rotatable bonds is 10. The smallest absolute Gasteiger partial charge is 0.405 e. The molecule has 0 atom stereocenters. The number of aliphatic hydroxyl groups excluding tert-OH is 2. The summed E-state index contributed by atoms with van der Waals surface area (Å²) in [5.41, 5.74) is 3.54. The van der Waals surface area contributed by atoms with Crippen molar-refractivity contribution in [2.75, 3.05) is 18.1 Å². The molecule has 6 nitrogen and oxygen atoms in total. The van der Waals surface area contributed by atoms with Crippen LogP contribution >= 0.6 is 0 Å². The van der Waals surface area contributed by atoms with Crippen LogP contribution < -0.4 is 10.2 Å². The van der Waals surface area contributed by atoms with Gasteiger partial charge in [0.05, 0.1) is 13.2 Å². The van der Waals surface area contributed by atoms with Crippen molar-refractivity contribution >= 4 is 17.9 Å². The SMILES string of the molecule is CC(C)N(Cc1ccc(-c2ccc(/C=C/C(CO)(CO)NC(=O)O)cc2)cc1)c1ccc(F)cc1. The van der Waals surface area contributed by atoms with Gasteiger partial charge in [0.1, 0.15) is 11.4 Å². The zero-order valence-corrected chi connectivity index (χ0v) is 19.9. The lowest BCUT2D eigenvalue weighted by Gasteiger charge is -2.29. The first-order valence-electron chi connectivity index (χ1n) is 11.4. The highest BCUT2D eigenvalue weighted by Gasteiger charge is 2.27. The molecule has 0 bridgehead atoms. The molecule has 0 saturated carbocycles. The number of nitrogens with zero attached hydrogens (tertiary/aromatic N) is 1. The van der Waals surface area contributed by atoms with Crippen molar-refractivity contribution in [3.63, 3.8) is 0 Å². The highest BCUT2D eigenvalue weighted by atomic mass is 19.1. The van der Waals surface area contributed by atoms with Crippen LogP contribution in [0.5, 0.6) is 0 Å².